The number of ether oxygens (including phenoxy) is 1. The Kier molecular flexibility index (Phi) is 5.52. The van der Waals surface area contributed by atoms with Gasteiger partial charge in [0.1, 0.15) is 12.6 Å². The van der Waals surface area contributed by atoms with Crippen molar-refractivity contribution in [2.45, 2.75) is 25.3 Å². The lowest BCUT2D eigenvalue weighted by Gasteiger charge is -2.34. The van der Waals surface area contributed by atoms with Gasteiger partial charge in [0.15, 0.2) is 11.6 Å². The highest BCUT2D eigenvalue weighted by atomic mass is 19.1. The van der Waals surface area contributed by atoms with Crippen molar-refractivity contribution in [3.05, 3.63) is 36.3 Å². The zero-order chi connectivity index (χ0) is 22.1. The molecule has 0 radical (unpaired) electrons. The van der Waals surface area contributed by atoms with Gasteiger partial charge in [-0.05, 0) is 12.8 Å². The zero-order valence-electron chi connectivity index (χ0n) is 17.3. The fourth-order valence-corrected chi connectivity index (χ4v) is 4.22. The quantitative estimate of drug-likeness (QED) is 0.693. The van der Waals surface area contributed by atoms with E-state index in [1.54, 1.807) is 18.6 Å². The van der Waals surface area contributed by atoms with Gasteiger partial charge in [0.25, 0.3) is 0 Å². The van der Waals surface area contributed by atoms with E-state index in [9.17, 15) is 14.0 Å². The van der Waals surface area contributed by atoms with Gasteiger partial charge in [-0.15, -0.1) is 0 Å². The van der Waals surface area contributed by atoms with E-state index < -0.39 is 11.9 Å². The monoisotopic (exact) mass is 443 g/mol. The van der Waals surface area contributed by atoms with Crippen LogP contribution in [-0.2, 0) is 14.4 Å². The van der Waals surface area contributed by atoms with E-state index in [-0.39, 0.29) is 36.8 Å². The van der Waals surface area contributed by atoms with Crippen LogP contribution in [0.15, 0.2) is 24.8 Å². The second-order valence-corrected chi connectivity index (χ2v) is 7.80. The van der Waals surface area contributed by atoms with Crippen LogP contribution in [0.3, 0.4) is 0 Å². The van der Waals surface area contributed by atoms with Gasteiger partial charge in [-0.25, -0.2) is 19.2 Å². The molecule has 5 heterocycles. The molecule has 168 valence electrons. The Morgan fingerprint density at radius 2 is 1.91 bits per heavy atom. The van der Waals surface area contributed by atoms with Crippen LogP contribution in [0, 0.1) is 11.7 Å². The highest BCUT2D eigenvalue weighted by Gasteiger charge is 2.38. The summed E-state index contributed by atoms with van der Waals surface area (Å²) >= 11 is 0. The summed E-state index contributed by atoms with van der Waals surface area (Å²) in [5, 5.41) is 1.44. The predicted octanol–water partition coefficient (Wildman–Crippen LogP) is 1.48. The van der Waals surface area contributed by atoms with Gasteiger partial charge in [0.2, 0.25) is 11.9 Å². The molecule has 0 N–H and O–H groups in total. The summed E-state index contributed by atoms with van der Waals surface area (Å²) in [5.41, 5.74) is 0.712. The molecule has 0 spiro atoms. The largest absolute Gasteiger partial charge is 0.447 e. The number of anilines is 2. The van der Waals surface area contributed by atoms with Crippen LogP contribution in [-0.4, -0.2) is 69.8 Å². The molecule has 2 aromatic heterocycles. The van der Waals surface area contributed by atoms with Crippen LogP contribution in [0.4, 0.5) is 21.0 Å². The third-order valence-corrected chi connectivity index (χ3v) is 5.90. The Morgan fingerprint density at radius 3 is 2.62 bits per heavy atom. The number of piperidine rings is 1. The zero-order valence-corrected chi connectivity index (χ0v) is 17.3. The number of hydrogen-bond acceptors (Lipinski definition) is 9. The standard InChI is InChI=1S/C20H22FN7O4/c21-14-11-24-19(25-17(14)27-8-10-31-20(27)30)26-6-1-13(2-7-26)18(29)28-16(3-9-32-28)15-12-22-4-5-23-15/h4-5,11-13,16H,1-3,6-10H2/t16-/m0/s1. The lowest BCUT2D eigenvalue weighted by molar-refractivity contribution is -0.182. The van der Waals surface area contributed by atoms with Gasteiger partial charge in [0.05, 0.1) is 31.2 Å². The molecule has 0 aliphatic carbocycles. The first kappa shape index (κ1) is 20.5. The summed E-state index contributed by atoms with van der Waals surface area (Å²) in [6, 6.07) is -0.238. The summed E-state index contributed by atoms with van der Waals surface area (Å²) in [7, 11) is 0. The molecule has 11 nitrogen and oxygen atoms in total. The predicted molar refractivity (Wildman–Crippen MR) is 108 cm³/mol. The third kappa shape index (κ3) is 3.81. The first-order valence-electron chi connectivity index (χ1n) is 10.6. The Labute approximate surface area is 183 Å². The van der Waals surface area contributed by atoms with Crippen LogP contribution in [0.5, 0.6) is 0 Å². The molecule has 5 rings (SSSR count). The van der Waals surface area contributed by atoms with E-state index in [4.69, 9.17) is 9.57 Å². The molecule has 3 fully saturated rings. The fourth-order valence-electron chi connectivity index (χ4n) is 4.22. The first-order chi connectivity index (χ1) is 15.6. The summed E-state index contributed by atoms with van der Waals surface area (Å²) in [4.78, 5) is 50.3. The molecular weight excluding hydrogens is 421 g/mol. The van der Waals surface area contributed by atoms with E-state index in [2.05, 4.69) is 19.9 Å². The van der Waals surface area contributed by atoms with Crippen molar-refractivity contribution >= 4 is 23.8 Å². The number of nitrogens with zero attached hydrogens (tertiary/aromatic N) is 7. The number of hydroxylamine groups is 2. The average Bonchev–Trinajstić information content (AvgIpc) is 3.49. The minimum absolute atomic E-state index is 0.0710. The lowest BCUT2D eigenvalue weighted by atomic mass is 9.95. The molecule has 0 aromatic carbocycles. The van der Waals surface area contributed by atoms with Crippen molar-refractivity contribution in [3.63, 3.8) is 0 Å². The smallest absolute Gasteiger partial charge is 0.415 e. The number of carbonyl (C=O) groups excluding carboxylic acids is 2. The minimum atomic E-state index is -0.682. The Bertz CT molecular complexity index is 1000. The topological polar surface area (TPSA) is 114 Å². The lowest BCUT2D eigenvalue weighted by Crippen LogP contribution is -2.42. The Hall–Kier alpha value is -3.41. The maximum absolute atomic E-state index is 14.2. The number of carbonyl (C=O) groups is 2. The summed E-state index contributed by atoms with van der Waals surface area (Å²) in [6.07, 6.45) is 7.12. The van der Waals surface area contributed by atoms with Crippen molar-refractivity contribution in [2.24, 2.45) is 5.92 Å². The van der Waals surface area contributed by atoms with Crippen LogP contribution in [0.1, 0.15) is 31.0 Å². The molecule has 3 saturated heterocycles. The SMILES string of the molecule is O=C1OCCN1c1nc(N2CCC(C(=O)N3OCC[C@H]3c3cnccn3)CC2)ncc1F. The van der Waals surface area contributed by atoms with Gasteiger partial charge in [-0.2, -0.15) is 4.98 Å². The first-order valence-corrected chi connectivity index (χ1v) is 10.6. The summed E-state index contributed by atoms with van der Waals surface area (Å²) < 4.78 is 19.1. The van der Waals surface area contributed by atoms with Crippen molar-refractivity contribution in [3.8, 4) is 0 Å². The van der Waals surface area contributed by atoms with Crippen molar-refractivity contribution in [2.75, 3.05) is 42.6 Å². The second kappa shape index (κ2) is 8.61. The molecule has 3 aliphatic rings. The number of cyclic esters (lactones) is 1. The van der Waals surface area contributed by atoms with Crippen LogP contribution in [0.2, 0.25) is 0 Å². The molecule has 12 heteroatoms. The minimum Gasteiger partial charge on any atom is -0.447 e. The fraction of sp³-hybridized carbons (Fsp3) is 0.500. The van der Waals surface area contributed by atoms with Crippen LogP contribution >= 0.6 is 0 Å². The van der Waals surface area contributed by atoms with E-state index in [1.807, 2.05) is 4.90 Å². The molecule has 1 atom stereocenters. The van der Waals surface area contributed by atoms with Gasteiger partial charge < -0.3 is 9.64 Å². The van der Waals surface area contributed by atoms with Gasteiger partial charge in [0, 0.05) is 37.8 Å². The van der Waals surface area contributed by atoms with Crippen LogP contribution < -0.4 is 9.80 Å². The average molecular weight is 443 g/mol. The van der Waals surface area contributed by atoms with E-state index >= 15 is 0 Å². The third-order valence-electron chi connectivity index (χ3n) is 5.90. The van der Waals surface area contributed by atoms with Crippen molar-refractivity contribution < 1.29 is 23.6 Å². The van der Waals surface area contributed by atoms with E-state index in [1.165, 1.54) is 5.06 Å². The summed E-state index contributed by atoms with van der Waals surface area (Å²) in [6.45, 7) is 1.94. The molecule has 2 aromatic rings. The number of rotatable bonds is 4. The van der Waals surface area contributed by atoms with E-state index in [0.717, 1.165) is 11.1 Å². The summed E-state index contributed by atoms with van der Waals surface area (Å²) in [5.74, 6) is -0.732. The Balaban J connectivity index is 1.24. The maximum atomic E-state index is 14.2. The number of aromatic nitrogens is 4. The van der Waals surface area contributed by atoms with E-state index in [0.29, 0.717) is 50.6 Å². The Morgan fingerprint density at radius 1 is 1.06 bits per heavy atom. The molecule has 32 heavy (non-hydrogen) atoms. The van der Waals surface area contributed by atoms with Crippen molar-refractivity contribution in [1.82, 2.24) is 25.0 Å². The van der Waals surface area contributed by atoms with Gasteiger partial charge >= 0.3 is 6.09 Å². The number of amides is 2. The number of halogens is 1. The maximum Gasteiger partial charge on any atom is 0.415 e. The van der Waals surface area contributed by atoms with Gasteiger partial charge in [-0.3, -0.25) is 24.5 Å². The van der Waals surface area contributed by atoms with Crippen molar-refractivity contribution in [1.29, 1.82) is 0 Å². The number of hydrogen-bond donors (Lipinski definition) is 0. The molecule has 0 saturated carbocycles. The highest BCUT2D eigenvalue weighted by Crippen LogP contribution is 2.33. The molecule has 3 aliphatic heterocycles. The van der Waals surface area contributed by atoms with Gasteiger partial charge in [-0.1, -0.05) is 0 Å². The van der Waals surface area contributed by atoms with Crippen LogP contribution in [0.25, 0.3) is 0 Å². The molecule has 0 bridgehead atoms. The highest BCUT2D eigenvalue weighted by molar-refractivity contribution is 5.88. The second-order valence-electron chi connectivity index (χ2n) is 7.80. The normalized spacial score (nSPS) is 21.8. The molecular formula is C20H22FN7O4. The molecule has 2 amide bonds. The molecule has 0 unspecified atom stereocenters.